The lowest BCUT2D eigenvalue weighted by Gasteiger charge is -2.04. The summed E-state index contributed by atoms with van der Waals surface area (Å²) in [4.78, 5) is 4.31. The molecule has 0 aliphatic rings. The van der Waals surface area contributed by atoms with Crippen LogP contribution < -0.4 is 5.73 Å². The highest BCUT2D eigenvalue weighted by molar-refractivity contribution is 9.10. The van der Waals surface area contributed by atoms with E-state index in [4.69, 9.17) is 17.3 Å². The maximum Gasteiger partial charge on any atom is 0.181 e. The van der Waals surface area contributed by atoms with E-state index in [0.717, 1.165) is 15.6 Å². The molecule has 0 saturated carbocycles. The van der Waals surface area contributed by atoms with Gasteiger partial charge in [0.05, 0.1) is 6.54 Å². The fourth-order valence-electron chi connectivity index (χ4n) is 2.01. The van der Waals surface area contributed by atoms with Crippen molar-refractivity contribution in [2.75, 3.05) is 5.73 Å². The van der Waals surface area contributed by atoms with Gasteiger partial charge in [-0.25, -0.2) is 9.67 Å². The zero-order chi connectivity index (χ0) is 14.8. The first kappa shape index (κ1) is 14.1. The molecule has 0 saturated heterocycles. The molecule has 1 heterocycles. The van der Waals surface area contributed by atoms with Crippen LogP contribution in [0.15, 0.2) is 53.3 Å². The van der Waals surface area contributed by atoms with E-state index in [1.807, 2.05) is 42.5 Å². The Morgan fingerprint density at radius 2 is 2.05 bits per heavy atom. The largest absolute Gasteiger partial charge is 0.399 e. The Balaban J connectivity index is 1.85. The molecule has 3 aromatic rings. The first-order valence-corrected chi connectivity index (χ1v) is 7.48. The van der Waals surface area contributed by atoms with Crippen molar-refractivity contribution in [1.82, 2.24) is 14.8 Å². The van der Waals surface area contributed by atoms with Crippen LogP contribution in [0.2, 0.25) is 5.02 Å². The van der Waals surface area contributed by atoms with Gasteiger partial charge in [0.15, 0.2) is 5.82 Å². The molecular formula is C15H12BrClN4. The molecule has 3 rings (SSSR count). The average molecular weight is 364 g/mol. The quantitative estimate of drug-likeness (QED) is 0.716. The Labute approximate surface area is 135 Å². The van der Waals surface area contributed by atoms with Gasteiger partial charge < -0.3 is 5.73 Å². The molecule has 106 valence electrons. The number of nitrogens with two attached hydrogens (primary N) is 1. The number of hydrogen-bond acceptors (Lipinski definition) is 3. The summed E-state index contributed by atoms with van der Waals surface area (Å²) in [5, 5.41) is 5.16. The molecule has 0 bridgehead atoms. The van der Waals surface area contributed by atoms with Crippen molar-refractivity contribution < 1.29 is 0 Å². The molecule has 0 unspecified atom stereocenters. The number of rotatable bonds is 3. The van der Waals surface area contributed by atoms with Gasteiger partial charge in [-0.2, -0.15) is 5.10 Å². The van der Waals surface area contributed by atoms with Crippen LogP contribution in [0.4, 0.5) is 5.69 Å². The minimum atomic E-state index is 0.571. The number of hydrogen-bond donors (Lipinski definition) is 1. The molecular weight excluding hydrogens is 352 g/mol. The molecule has 0 fully saturated rings. The van der Waals surface area contributed by atoms with E-state index in [1.165, 1.54) is 0 Å². The summed E-state index contributed by atoms with van der Waals surface area (Å²) in [5.41, 5.74) is 8.36. The van der Waals surface area contributed by atoms with Gasteiger partial charge in [-0.15, -0.1) is 0 Å². The molecule has 21 heavy (non-hydrogen) atoms. The number of halogens is 2. The van der Waals surface area contributed by atoms with Crippen LogP contribution in [0.1, 0.15) is 5.56 Å². The van der Waals surface area contributed by atoms with Crippen LogP contribution >= 0.6 is 27.5 Å². The van der Waals surface area contributed by atoms with E-state index in [2.05, 4.69) is 26.0 Å². The van der Waals surface area contributed by atoms with Crippen LogP contribution in [-0.4, -0.2) is 14.8 Å². The molecule has 0 aliphatic carbocycles. The number of aromatic nitrogens is 3. The highest BCUT2D eigenvalue weighted by atomic mass is 79.9. The van der Waals surface area contributed by atoms with Crippen molar-refractivity contribution in [2.45, 2.75) is 6.54 Å². The standard InChI is InChI=1S/C15H12BrClN4/c16-12-5-4-11(14(17)7-12)8-21-9-19-15(20-21)10-2-1-3-13(18)6-10/h1-7,9H,8,18H2. The van der Waals surface area contributed by atoms with Crippen molar-refractivity contribution >= 4 is 33.2 Å². The Kier molecular flexibility index (Phi) is 3.94. The number of nitrogen functional groups attached to an aromatic ring is 1. The van der Waals surface area contributed by atoms with E-state index in [-0.39, 0.29) is 0 Å². The smallest absolute Gasteiger partial charge is 0.181 e. The van der Waals surface area contributed by atoms with E-state index in [9.17, 15) is 0 Å². The summed E-state index contributed by atoms with van der Waals surface area (Å²) in [6, 6.07) is 13.3. The zero-order valence-electron chi connectivity index (χ0n) is 11.0. The number of anilines is 1. The van der Waals surface area contributed by atoms with Gasteiger partial charge in [-0.1, -0.05) is 45.7 Å². The normalized spacial score (nSPS) is 10.8. The van der Waals surface area contributed by atoms with Crippen molar-refractivity contribution in [3.8, 4) is 11.4 Å². The molecule has 0 spiro atoms. The van der Waals surface area contributed by atoms with E-state index in [1.54, 1.807) is 11.0 Å². The van der Waals surface area contributed by atoms with Crippen LogP contribution in [0.25, 0.3) is 11.4 Å². The molecule has 0 amide bonds. The lowest BCUT2D eigenvalue weighted by molar-refractivity contribution is 0.687. The summed E-state index contributed by atoms with van der Waals surface area (Å²) in [6.45, 7) is 0.571. The molecule has 1 aromatic heterocycles. The minimum Gasteiger partial charge on any atom is -0.399 e. The Bertz CT molecular complexity index is 785. The van der Waals surface area contributed by atoms with Gasteiger partial charge in [0.2, 0.25) is 0 Å². The molecule has 2 aromatic carbocycles. The van der Waals surface area contributed by atoms with Crippen molar-refractivity contribution in [1.29, 1.82) is 0 Å². The van der Waals surface area contributed by atoms with E-state index in [0.29, 0.717) is 23.1 Å². The molecule has 0 atom stereocenters. The lowest BCUT2D eigenvalue weighted by atomic mass is 10.2. The summed E-state index contributed by atoms with van der Waals surface area (Å²) in [6.07, 6.45) is 1.69. The maximum atomic E-state index is 6.22. The first-order chi connectivity index (χ1) is 10.1. The van der Waals surface area contributed by atoms with Crippen LogP contribution in [0.5, 0.6) is 0 Å². The van der Waals surface area contributed by atoms with Gasteiger partial charge in [0.1, 0.15) is 6.33 Å². The summed E-state index contributed by atoms with van der Waals surface area (Å²) < 4.78 is 2.71. The highest BCUT2D eigenvalue weighted by Gasteiger charge is 2.07. The van der Waals surface area contributed by atoms with Crippen LogP contribution in [-0.2, 0) is 6.54 Å². The second-order valence-electron chi connectivity index (χ2n) is 4.63. The SMILES string of the molecule is Nc1cccc(-c2ncn(Cc3ccc(Br)cc3Cl)n2)c1. The Hall–Kier alpha value is -1.85. The second kappa shape index (κ2) is 5.87. The Morgan fingerprint density at radius 1 is 1.19 bits per heavy atom. The van der Waals surface area contributed by atoms with Crippen molar-refractivity contribution in [3.05, 3.63) is 63.9 Å². The maximum absolute atomic E-state index is 6.22. The van der Waals surface area contributed by atoms with Crippen molar-refractivity contribution in [2.24, 2.45) is 0 Å². The number of nitrogens with zero attached hydrogens (tertiary/aromatic N) is 3. The average Bonchev–Trinajstić information content (AvgIpc) is 2.91. The molecule has 4 nitrogen and oxygen atoms in total. The third-order valence-corrected chi connectivity index (χ3v) is 3.87. The minimum absolute atomic E-state index is 0.571. The molecule has 0 aliphatic heterocycles. The predicted molar refractivity (Wildman–Crippen MR) is 88.1 cm³/mol. The molecule has 6 heteroatoms. The van der Waals surface area contributed by atoms with E-state index >= 15 is 0 Å². The number of benzene rings is 2. The third-order valence-electron chi connectivity index (χ3n) is 3.03. The monoisotopic (exact) mass is 362 g/mol. The predicted octanol–water partition coefficient (Wildman–Crippen LogP) is 3.99. The highest BCUT2D eigenvalue weighted by Crippen LogP contribution is 2.22. The van der Waals surface area contributed by atoms with Gasteiger partial charge in [0.25, 0.3) is 0 Å². The van der Waals surface area contributed by atoms with Gasteiger partial charge >= 0.3 is 0 Å². The van der Waals surface area contributed by atoms with Crippen LogP contribution in [0, 0.1) is 0 Å². The van der Waals surface area contributed by atoms with Gasteiger partial charge in [0, 0.05) is 20.7 Å². The summed E-state index contributed by atoms with van der Waals surface area (Å²) >= 11 is 9.61. The van der Waals surface area contributed by atoms with Gasteiger partial charge in [-0.3, -0.25) is 0 Å². The molecule has 0 radical (unpaired) electrons. The third kappa shape index (κ3) is 3.25. The summed E-state index contributed by atoms with van der Waals surface area (Å²) in [7, 11) is 0. The fraction of sp³-hybridized carbons (Fsp3) is 0.0667. The first-order valence-electron chi connectivity index (χ1n) is 6.31. The topological polar surface area (TPSA) is 56.7 Å². The zero-order valence-corrected chi connectivity index (χ0v) is 13.3. The second-order valence-corrected chi connectivity index (χ2v) is 5.95. The molecule has 2 N–H and O–H groups in total. The fourth-order valence-corrected chi connectivity index (χ4v) is 2.74. The summed E-state index contributed by atoms with van der Waals surface area (Å²) in [5.74, 6) is 0.649. The lowest BCUT2D eigenvalue weighted by Crippen LogP contribution is -2.01. The van der Waals surface area contributed by atoms with Gasteiger partial charge in [-0.05, 0) is 29.8 Å². The Morgan fingerprint density at radius 3 is 2.81 bits per heavy atom. The van der Waals surface area contributed by atoms with E-state index < -0.39 is 0 Å². The van der Waals surface area contributed by atoms with Crippen molar-refractivity contribution in [3.63, 3.8) is 0 Å². The van der Waals surface area contributed by atoms with Crippen LogP contribution in [0.3, 0.4) is 0 Å².